The first-order valence-corrected chi connectivity index (χ1v) is 6.43. The van der Waals surface area contributed by atoms with Crippen LogP contribution in [-0.2, 0) is 12.4 Å². The Morgan fingerprint density at radius 2 is 1.43 bits per heavy atom. The van der Waals surface area contributed by atoms with E-state index in [2.05, 4.69) is 16.1 Å². The van der Waals surface area contributed by atoms with Crippen LogP contribution in [0.2, 0.25) is 5.02 Å². The molecule has 0 unspecified atom stereocenters. The van der Waals surface area contributed by atoms with E-state index >= 15 is 0 Å². The molecule has 21 heavy (non-hydrogen) atoms. The first-order chi connectivity index (χ1) is 9.51. The zero-order chi connectivity index (χ0) is 16.0. The van der Waals surface area contributed by atoms with Crippen LogP contribution in [-0.4, -0.2) is 3.59 Å². The molecule has 0 saturated heterocycles. The molecule has 114 valence electrons. The molecule has 0 N–H and O–H groups in total. The van der Waals surface area contributed by atoms with Crippen LogP contribution in [0.15, 0.2) is 30.3 Å². The fraction of sp³-hybridized carbons (Fsp3) is 0.167. The molecule has 0 fully saturated rings. The minimum Gasteiger partial charge on any atom is -0.271 e. The maximum atomic E-state index is 12.9. The minimum absolute atomic E-state index is 0.164. The summed E-state index contributed by atoms with van der Waals surface area (Å²) in [7, 11) is 0. The summed E-state index contributed by atoms with van der Waals surface area (Å²) in [5.74, 6) is 0. The van der Waals surface area contributed by atoms with Crippen molar-refractivity contribution in [2.45, 2.75) is 12.4 Å². The van der Waals surface area contributed by atoms with E-state index in [9.17, 15) is 26.3 Å². The fourth-order valence-electron chi connectivity index (χ4n) is 1.79. The van der Waals surface area contributed by atoms with E-state index in [1.165, 1.54) is 24.3 Å². The molecule has 0 aliphatic heterocycles. The zero-order valence-electron chi connectivity index (χ0n) is 9.86. The van der Waals surface area contributed by atoms with Crippen molar-refractivity contribution in [3.63, 3.8) is 0 Å². The van der Waals surface area contributed by atoms with Crippen molar-refractivity contribution in [1.29, 1.82) is 0 Å². The third-order valence-electron chi connectivity index (χ3n) is 2.66. The van der Waals surface area contributed by atoms with Crippen LogP contribution in [0.3, 0.4) is 0 Å². The molecule has 1 aromatic heterocycles. The first kappa shape index (κ1) is 16.2. The monoisotopic (exact) mass is 391 g/mol. The van der Waals surface area contributed by atoms with E-state index in [1.54, 1.807) is 0 Å². The number of aromatic nitrogens is 1. The number of benzene rings is 1. The standard InChI is InChI=1S/C12H5BrClF6N/c13-21-9(6-1-3-7(14)4-2-6)5-8(11(15,16)17)10(21)12(18,19)20/h1-5H. The maximum absolute atomic E-state index is 12.9. The highest BCUT2D eigenvalue weighted by molar-refractivity contribution is 9.08. The molecule has 2 aromatic rings. The quantitative estimate of drug-likeness (QED) is 0.524. The van der Waals surface area contributed by atoms with Crippen LogP contribution in [0.5, 0.6) is 0 Å². The van der Waals surface area contributed by atoms with Crippen molar-refractivity contribution in [2.24, 2.45) is 0 Å². The number of hydrogen-bond donors (Lipinski definition) is 0. The second-order valence-electron chi connectivity index (χ2n) is 4.08. The topological polar surface area (TPSA) is 4.93 Å². The third-order valence-corrected chi connectivity index (χ3v) is 3.65. The molecule has 2 rings (SSSR count). The summed E-state index contributed by atoms with van der Waals surface area (Å²) in [6.07, 6.45) is -10.3. The highest BCUT2D eigenvalue weighted by atomic mass is 79.9. The lowest BCUT2D eigenvalue weighted by Crippen LogP contribution is -2.16. The molecule has 9 heteroatoms. The van der Waals surface area contributed by atoms with Crippen molar-refractivity contribution < 1.29 is 26.3 Å². The highest BCUT2D eigenvalue weighted by Gasteiger charge is 2.47. The lowest BCUT2D eigenvalue weighted by molar-refractivity contribution is -0.164. The summed E-state index contributed by atoms with van der Waals surface area (Å²) in [4.78, 5) is 0. The van der Waals surface area contributed by atoms with Gasteiger partial charge in [0.1, 0.15) is 5.69 Å². The van der Waals surface area contributed by atoms with Gasteiger partial charge in [0.2, 0.25) is 0 Å². The average molecular weight is 393 g/mol. The van der Waals surface area contributed by atoms with Crippen molar-refractivity contribution >= 4 is 27.7 Å². The highest BCUT2D eigenvalue weighted by Crippen LogP contribution is 2.45. The smallest absolute Gasteiger partial charge is 0.271 e. The molecule has 0 radical (unpaired) electrons. The van der Waals surface area contributed by atoms with Gasteiger partial charge in [-0.3, -0.25) is 3.59 Å². The van der Waals surface area contributed by atoms with E-state index in [0.717, 1.165) is 0 Å². The van der Waals surface area contributed by atoms with Gasteiger partial charge in [-0.1, -0.05) is 23.7 Å². The SMILES string of the molecule is FC(F)(F)c1cc(-c2ccc(Cl)cc2)n(Br)c1C(F)(F)F. The van der Waals surface area contributed by atoms with E-state index < -0.39 is 23.6 Å². The van der Waals surface area contributed by atoms with E-state index in [1.807, 2.05) is 0 Å². The summed E-state index contributed by atoms with van der Waals surface area (Å²) < 4.78 is 77.3. The Balaban J connectivity index is 2.70. The van der Waals surface area contributed by atoms with Crippen molar-refractivity contribution in [3.05, 3.63) is 46.6 Å². The predicted molar refractivity (Wildman–Crippen MR) is 69.2 cm³/mol. The molecule has 0 bridgehead atoms. The molecule has 0 aliphatic rings. The van der Waals surface area contributed by atoms with Gasteiger partial charge in [0, 0.05) is 5.02 Å². The Labute approximate surface area is 128 Å². The second-order valence-corrected chi connectivity index (χ2v) is 5.22. The van der Waals surface area contributed by atoms with E-state index in [0.29, 0.717) is 14.7 Å². The Morgan fingerprint density at radius 1 is 0.905 bits per heavy atom. The minimum atomic E-state index is -5.15. The Hall–Kier alpha value is -1.15. The second kappa shape index (κ2) is 5.24. The number of nitrogens with zero attached hydrogens (tertiary/aromatic N) is 1. The zero-order valence-corrected chi connectivity index (χ0v) is 12.2. The van der Waals surface area contributed by atoms with Gasteiger partial charge < -0.3 is 0 Å². The summed E-state index contributed by atoms with van der Waals surface area (Å²) in [6, 6.07) is 5.85. The normalized spacial score (nSPS) is 12.8. The summed E-state index contributed by atoms with van der Waals surface area (Å²) in [6.45, 7) is 0. The summed E-state index contributed by atoms with van der Waals surface area (Å²) in [5.41, 5.74) is -3.67. The van der Waals surface area contributed by atoms with Crippen LogP contribution in [0.4, 0.5) is 26.3 Å². The van der Waals surface area contributed by atoms with Crippen LogP contribution in [0.1, 0.15) is 11.3 Å². The van der Waals surface area contributed by atoms with Crippen molar-refractivity contribution in [3.8, 4) is 11.3 Å². The molecular formula is C12H5BrClF6N. The number of halogens is 8. The van der Waals surface area contributed by atoms with Crippen molar-refractivity contribution in [2.75, 3.05) is 0 Å². The number of rotatable bonds is 1. The number of hydrogen-bond acceptors (Lipinski definition) is 0. The Morgan fingerprint density at radius 3 is 1.81 bits per heavy atom. The lowest BCUT2D eigenvalue weighted by atomic mass is 10.1. The molecule has 1 aromatic carbocycles. The van der Waals surface area contributed by atoms with Crippen molar-refractivity contribution in [1.82, 2.24) is 3.59 Å². The molecular weight excluding hydrogens is 387 g/mol. The van der Waals surface area contributed by atoms with E-state index in [4.69, 9.17) is 11.6 Å². The van der Waals surface area contributed by atoms with Crippen LogP contribution in [0, 0.1) is 0 Å². The van der Waals surface area contributed by atoms with Gasteiger partial charge in [-0.15, -0.1) is 0 Å². The van der Waals surface area contributed by atoms with Crippen LogP contribution in [0.25, 0.3) is 11.3 Å². The lowest BCUT2D eigenvalue weighted by Gasteiger charge is -2.12. The van der Waals surface area contributed by atoms with Gasteiger partial charge in [0.25, 0.3) is 0 Å². The maximum Gasteiger partial charge on any atom is 0.432 e. The average Bonchev–Trinajstić information content (AvgIpc) is 2.67. The van der Waals surface area contributed by atoms with E-state index in [-0.39, 0.29) is 11.3 Å². The van der Waals surface area contributed by atoms with Gasteiger partial charge in [-0.2, -0.15) is 26.3 Å². The number of alkyl halides is 6. The molecule has 0 atom stereocenters. The van der Waals surface area contributed by atoms with Gasteiger partial charge in [-0.25, -0.2) is 0 Å². The predicted octanol–water partition coefficient (Wildman–Crippen LogP) is 6.00. The summed E-state index contributed by atoms with van der Waals surface area (Å²) in [5, 5.41) is 0.318. The molecule has 0 spiro atoms. The largest absolute Gasteiger partial charge is 0.432 e. The molecule has 1 heterocycles. The molecule has 0 aliphatic carbocycles. The third kappa shape index (κ3) is 3.21. The van der Waals surface area contributed by atoms with Gasteiger partial charge in [0.05, 0.1) is 27.4 Å². The Bertz CT molecular complexity index is 656. The van der Waals surface area contributed by atoms with Gasteiger partial charge >= 0.3 is 12.4 Å². The van der Waals surface area contributed by atoms with Crippen LogP contribution < -0.4 is 0 Å². The van der Waals surface area contributed by atoms with Crippen LogP contribution >= 0.6 is 27.7 Å². The van der Waals surface area contributed by atoms with Gasteiger partial charge in [0.15, 0.2) is 0 Å². The molecule has 1 nitrogen and oxygen atoms in total. The molecule has 0 amide bonds. The Kier molecular flexibility index (Phi) is 4.05. The summed E-state index contributed by atoms with van der Waals surface area (Å²) >= 11 is 8.19. The molecule has 0 saturated carbocycles. The van der Waals surface area contributed by atoms with Gasteiger partial charge in [-0.05, 0) is 23.8 Å². The first-order valence-electron chi connectivity index (χ1n) is 5.34. The fourth-order valence-corrected chi connectivity index (χ4v) is 2.61.